The van der Waals surface area contributed by atoms with Crippen molar-refractivity contribution < 1.29 is 0 Å². The summed E-state index contributed by atoms with van der Waals surface area (Å²) in [5.74, 6) is 0. The summed E-state index contributed by atoms with van der Waals surface area (Å²) in [4.78, 5) is 6.49. The van der Waals surface area contributed by atoms with Crippen LogP contribution >= 0.6 is 11.8 Å². The first-order valence-electron chi connectivity index (χ1n) is 5.21. The van der Waals surface area contributed by atoms with Gasteiger partial charge in [0.2, 0.25) is 0 Å². The Morgan fingerprint density at radius 2 is 1.76 bits per heavy atom. The number of nitrogens with zero attached hydrogens (tertiary/aromatic N) is 3. The lowest BCUT2D eigenvalue weighted by atomic mass is 10.2. The van der Waals surface area contributed by atoms with Gasteiger partial charge in [0.15, 0.2) is 0 Å². The van der Waals surface area contributed by atoms with Crippen molar-refractivity contribution in [2.24, 2.45) is 4.99 Å². The molecule has 0 unspecified atom stereocenters. The minimum absolute atomic E-state index is 1.01. The van der Waals surface area contributed by atoms with Crippen LogP contribution in [0.15, 0.2) is 58.8 Å². The fraction of sp³-hybridized carbons (Fsp3) is 0. The van der Waals surface area contributed by atoms with Gasteiger partial charge < -0.3 is 0 Å². The van der Waals surface area contributed by atoms with E-state index >= 15 is 0 Å². The maximum absolute atomic E-state index is 4.29. The molecule has 82 valence electrons. The van der Waals surface area contributed by atoms with E-state index in [-0.39, 0.29) is 0 Å². The number of hydrogen-bond donors (Lipinski definition) is 0. The van der Waals surface area contributed by atoms with Gasteiger partial charge >= 0.3 is 0 Å². The Hall–Kier alpha value is -1.94. The van der Waals surface area contributed by atoms with E-state index in [0.29, 0.717) is 0 Å². The molecule has 4 heteroatoms. The number of thioether (sulfide) groups is 1. The van der Waals surface area contributed by atoms with Crippen molar-refractivity contribution in [2.75, 3.05) is 0 Å². The average molecular weight is 239 g/mol. The number of aromatic nitrogens is 2. The zero-order valence-electron chi connectivity index (χ0n) is 8.95. The summed E-state index contributed by atoms with van der Waals surface area (Å²) >= 11 is 1.66. The van der Waals surface area contributed by atoms with Gasteiger partial charge in [-0.2, -0.15) is 10.2 Å². The van der Waals surface area contributed by atoms with Gasteiger partial charge in [0.05, 0.1) is 12.4 Å². The maximum Gasteiger partial charge on any atom is 0.0642 e. The fourth-order valence-electron chi connectivity index (χ4n) is 1.57. The van der Waals surface area contributed by atoms with Crippen LogP contribution < -0.4 is 0 Å². The van der Waals surface area contributed by atoms with E-state index in [4.69, 9.17) is 0 Å². The third-order valence-corrected chi connectivity index (χ3v) is 3.53. The monoisotopic (exact) mass is 239 g/mol. The van der Waals surface area contributed by atoms with Crippen LogP contribution in [0.3, 0.4) is 0 Å². The van der Waals surface area contributed by atoms with E-state index in [0.717, 1.165) is 15.4 Å². The predicted octanol–water partition coefficient (Wildman–Crippen LogP) is 3.00. The summed E-state index contributed by atoms with van der Waals surface area (Å²) in [6.45, 7) is 0. The summed E-state index contributed by atoms with van der Waals surface area (Å²) in [7, 11) is 0. The van der Waals surface area contributed by atoms with E-state index in [1.165, 1.54) is 5.56 Å². The summed E-state index contributed by atoms with van der Waals surface area (Å²) < 4.78 is 0. The Kier molecular flexibility index (Phi) is 2.71. The van der Waals surface area contributed by atoms with Crippen LogP contribution in [0.4, 0.5) is 0 Å². The lowest BCUT2D eigenvalue weighted by Crippen LogP contribution is -1.89. The van der Waals surface area contributed by atoms with Crippen LogP contribution in [-0.4, -0.2) is 16.4 Å². The molecule has 0 radical (unpaired) electrons. The largest absolute Gasteiger partial charge is 0.263 e. The zero-order chi connectivity index (χ0) is 11.5. The van der Waals surface area contributed by atoms with Crippen molar-refractivity contribution in [3.8, 4) is 0 Å². The van der Waals surface area contributed by atoms with Crippen molar-refractivity contribution in [1.82, 2.24) is 10.2 Å². The van der Waals surface area contributed by atoms with Crippen molar-refractivity contribution >= 4 is 22.9 Å². The quantitative estimate of drug-likeness (QED) is 0.767. The highest BCUT2D eigenvalue weighted by Crippen LogP contribution is 2.36. The standard InChI is InChI=1S/C13H9N3S/c1-2-4-10(5-3-1)12-8-14-6-11-7-15-16-9-13(11)17-12/h1-9H. The second kappa shape index (κ2) is 4.51. The molecule has 0 N–H and O–H groups in total. The molecular formula is C13H9N3S. The molecular weight excluding hydrogens is 230 g/mol. The zero-order valence-corrected chi connectivity index (χ0v) is 9.76. The molecule has 0 bridgehead atoms. The lowest BCUT2D eigenvalue weighted by Gasteiger charge is -2.05. The number of aliphatic imine (C=N–C) groups is 1. The van der Waals surface area contributed by atoms with Crippen LogP contribution in [0.1, 0.15) is 11.1 Å². The van der Waals surface area contributed by atoms with Crippen LogP contribution in [0.25, 0.3) is 4.91 Å². The van der Waals surface area contributed by atoms with Gasteiger partial charge in [0.1, 0.15) is 0 Å². The molecule has 3 rings (SSSR count). The Balaban J connectivity index is 2.02. The first-order chi connectivity index (χ1) is 8.43. The SMILES string of the molecule is C1=NC=C(c2ccccc2)Sc2cnncc21. The first kappa shape index (κ1) is 10.2. The Morgan fingerprint density at radius 1 is 0.941 bits per heavy atom. The molecule has 1 aliphatic rings. The molecule has 2 aromatic rings. The minimum Gasteiger partial charge on any atom is -0.263 e. The normalized spacial score (nSPS) is 13.8. The predicted molar refractivity (Wildman–Crippen MR) is 69.9 cm³/mol. The van der Waals surface area contributed by atoms with Crippen LogP contribution in [0, 0.1) is 0 Å². The van der Waals surface area contributed by atoms with Gasteiger partial charge in [-0.05, 0) is 5.56 Å². The molecule has 3 nitrogen and oxygen atoms in total. The average Bonchev–Trinajstić information content (AvgIpc) is 2.62. The summed E-state index contributed by atoms with van der Waals surface area (Å²) in [5.41, 5.74) is 2.17. The highest BCUT2D eigenvalue weighted by atomic mass is 32.2. The van der Waals surface area contributed by atoms with Gasteiger partial charge in [-0.25, -0.2) is 0 Å². The fourth-order valence-corrected chi connectivity index (χ4v) is 2.50. The first-order valence-corrected chi connectivity index (χ1v) is 6.02. The molecule has 0 atom stereocenters. The Labute approximate surface area is 103 Å². The van der Waals surface area contributed by atoms with E-state index < -0.39 is 0 Å². The number of rotatable bonds is 1. The second-order valence-corrected chi connectivity index (χ2v) is 4.63. The molecule has 0 spiro atoms. The van der Waals surface area contributed by atoms with Crippen molar-refractivity contribution in [2.45, 2.75) is 4.90 Å². The summed E-state index contributed by atoms with van der Waals surface area (Å²) in [6.07, 6.45) is 7.19. The summed E-state index contributed by atoms with van der Waals surface area (Å²) in [5, 5.41) is 7.77. The highest BCUT2D eigenvalue weighted by molar-refractivity contribution is 8.08. The molecule has 0 amide bonds. The van der Waals surface area contributed by atoms with Crippen LogP contribution in [0.5, 0.6) is 0 Å². The van der Waals surface area contributed by atoms with Gasteiger partial charge in [-0.15, -0.1) is 0 Å². The van der Waals surface area contributed by atoms with Crippen molar-refractivity contribution in [1.29, 1.82) is 0 Å². The van der Waals surface area contributed by atoms with E-state index in [1.807, 2.05) is 30.6 Å². The van der Waals surface area contributed by atoms with E-state index in [9.17, 15) is 0 Å². The third-order valence-electron chi connectivity index (χ3n) is 2.41. The van der Waals surface area contributed by atoms with Crippen LogP contribution in [0.2, 0.25) is 0 Å². The van der Waals surface area contributed by atoms with Crippen molar-refractivity contribution in [3.05, 3.63) is 60.1 Å². The topological polar surface area (TPSA) is 38.1 Å². The molecule has 2 heterocycles. The van der Waals surface area contributed by atoms with Crippen molar-refractivity contribution in [3.63, 3.8) is 0 Å². The molecule has 1 aromatic carbocycles. The van der Waals surface area contributed by atoms with Crippen LogP contribution in [-0.2, 0) is 0 Å². The molecule has 0 fully saturated rings. The van der Waals surface area contributed by atoms with Gasteiger partial charge in [-0.1, -0.05) is 42.1 Å². The van der Waals surface area contributed by atoms with E-state index in [1.54, 1.807) is 24.2 Å². The molecule has 17 heavy (non-hydrogen) atoms. The number of fused-ring (bicyclic) bond motifs is 1. The number of hydrogen-bond acceptors (Lipinski definition) is 4. The van der Waals surface area contributed by atoms with Gasteiger partial charge in [0.25, 0.3) is 0 Å². The number of benzene rings is 1. The third kappa shape index (κ3) is 2.12. The second-order valence-electron chi connectivity index (χ2n) is 3.55. The molecule has 0 aliphatic carbocycles. The molecule has 1 aliphatic heterocycles. The van der Waals surface area contributed by atoms with Gasteiger partial charge in [-0.3, -0.25) is 4.99 Å². The molecule has 0 saturated carbocycles. The molecule has 1 aromatic heterocycles. The smallest absolute Gasteiger partial charge is 0.0642 e. The van der Waals surface area contributed by atoms with E-state index in [2.05, 4.69) is 27.3 Å². The summed E-state index contributed by atoms with van der Waals surface area (Å²) in [6, 6.07) is 10.2. The highest BCUT2D eigenvalue weighted by Gasteiger charge is 2.10. The Morgan fingerprint density at radius 3 is 2.65 bits per heavy atom. The lowest BCUT2D eigenvalue weighted by molar-refractivity contribution is 0.993. The van der Waals surface area contributed by atoms with Gasteiger partial charge in [0, 0.05) is 27.8 Å². The maximum atomic E-state index is 4.29. The Bertz CT molecular complexity index is 591. The molecule has 0 saturated heterocycles. The minimum atomic E-state index is 1.01.